The van der Waals surface area contributed by atoms with Crippen LogP contribution in [0.4, 0.5) is 0 Å². The number of rotatable bonds is 4. The quantitative estimate of drug-likeness (QED) is 0.246. The van der Waals surface area contributed by atoms with Crippen LogP contribution < -0.4 is 15.9 Å². The predicted molar refractivity (Wildman–Crippen MR) is 152 cm³/mol. The van der Waals surface area contributed by atoms with Crippen LogP contribution in [0.2, 0.25) is 0 Å². The Hall–Kier alpha value is -3.61. The average molecular weight is 488 g/mol. The van der Waals surface area contributed by atoms with Gasteiger partial charge >= 0.3 is 0 Å². The summed E-state index contributed by atoms with van der Waals surface area (Å²) in [4.78, 5) is 0. The lowest BCUT2D eigenvalue weighted by molar-refractivity contribution is 0.590. The molecule has 36 heavy (non-hydrogen) atoms. The van der Waals surface area contributed by atoms with E-state index in [1.165, 1.54) is 22.5 Å². The van der Waals surface area contributed by atoms with Crippen LogP contribution >= 0.6 is 7.14 Å². The summed E-state index contributed by atoms with van der Waals surface area (Å²) < 4.78 is 17.7. The van der Waals surface area contributed by atoms with Crippen molar-refractivity contribution in [2.45, 2.75) is 32.6 Å². The fourth-order valence-electron chi connectivity index (χ4n) is 5.39. The molecule has 0 bridgehead atoms. The minimum Gasteiger partial charge on any atom is -0.319 e. The van der Waals surface area contributed by atoms with Gasteiger partial charge in [0.25, 0.3) is 0 Å². The first-order chi connectivity index (χ1) is 17.4. The molecule has 0 N–H and O–H groups in total. The molecule has 6 rings (SSSR count). The van der Waals surface area contributed by atoms with Gasteiger partial charge in [-0.25, -0.2) is 0 Å². The summed E-state index contributed by atoms with van der Waals surface area (Å²) >= 11 is 0. The fourth-order valence-corrected chi connectivity index (χ4v) is 8.28. The molecule has 3 heteroatoms. The van der Waals surface area contributed by atoms with Crippen LogP contribution in [0.3, 0.4) is 0 Å². The summed E-state index contributed by atoms with van der Waals surface area (Å²) in [5, 5.41) is 2.63. The Labute approximate surface area is 213 Å². The van der Waals surface area contributed by atoms with Crippen molar-refractivity contribution in [3.8, 4) is 16.8 Å². The van der Waals surface area contributed by atoms with Crippen molar-refractivity contribution in [2.75, 3.05) is 0 Å². The standard InChI is InChI=1S/C33H30NOP/c1-33(2,3)26-20-18-24(19-21-26)32-30-22-25-12-10-11-17-29(25)34(30)23-31(32)36(35,27-13-6-4-7-14-27)28-15-8-5-9-16-28/h4-21,23H,22H2,1-3H3. The summed E-state index contributed by atoms with van der Waals surface area (Å²) in [6.45, 7) is 6.71. The highest BCUT2D eigenvalue weighted by Gasteiger charge is 2.37. The van der Waals surface area contributed by atoms with Crippen molar-refractivity contribution >= 4 is 23.1 Å². The lowest BCUT2D eigenvalue weighted by Crippen LogP contribution is -2.25. The second-order valence-electron chi connectivity index (χ2n) is 10.6. The highest BCUT2D eigenvalue weighted by molar-refractivity contribution is 7.85. The molecule has 1 aromatic heterocycles. The van der Waals surface area contributed by atoms with E-state index in [1.807, 2.05) is 60.7 Å². The predicted octanol–water partition coefficient (Wildman–Crippen LogP) is 6.99. The summed E-state index contributed by atoms with van der Waals surface area (Å²) in [6, 6.07) is 37.4. The second kappa shape index (κ2) is 8.50. The van der Waals surface area contributed by atoms with E-state index in [-0.39, 0.29) is 5.41 Å². The van der Waals surface area contributed by atoms with Crippen LogP contribution in [0.25, 0.3) is 16.8 Å². The van der Waals surface area contributed by atoms with Crippen LogP contribution in [-0.4, -0.2) is 4.57 Å². The second-order valence-corrected chi connectivity index (χ2v) is 13.4. The summed E-state index contributed by atoms with van der Waals surface area (Å²) in [6.07, 6.45) is 2.98. The van der Waals surface area contributed by atoms with Crippen LogP contribution in [-0.2, 0) is 16.4 Å². The molecular weight excluding hydrogens is 457 g/mol. The Morgan fingerprint density at radius 1 is 0.694 bits per heavy atom. The summed E-state index contributed by atoms with van der Waals surface area (Å²) in [5.41, 5.74) is 7.28. The fraction of sp³-hybridized carbons (Fsp3) is 0.152. The minimum absolute atomic E-state index is 0.0731. The Morgan fingerprint density at radius 2 is 1.25 bits per heavy atom. The van der Waals surface area contributed by atoms with Gasteiger partial charge in [0, 0.05) is 45.5 Å². The number of fused-ring (bicyclic) bond motifs is 3. The molecule has 4 aromatic carbocycles. The van der Waals surface area contributed by atoms with E-state index in [2.05, 4.69) is 80.1 Å². The van der Waals surface area contributed by atoms with Crippen LogP contribution in [0.5, 0.6) is 0 Å². The van der Waals surface area contributed by atoms with Crippen molar-refractivity contribution in [3.63, 3.8) is 0 Å². The Morgan fingerprint density at radius 3 is 1.83 bits per heavy atom. The van der Waals surface area contributed by atoms with E-state index in [0.717, 1.165) is 33.5 Å². The molecule has 0 atom stereocenters. The molecule has 0 fully saturated rings. The SMILES string of the molecule is CC(C)(C)c1ccc(-c2c(P(=O)(c3ccccc3)c3ccccc3)cn3c2Cc2ccccc2-3)cc1. The number of nitrogens with zero attached hydrogens (tertiary/aromatic N) is 1. The zero-order valence-corrected chi connectivity index (χ0v) is 21.9. The zero-order valence-electron chi connectivity index (χ0n) is 21.0. The van der Waals surface area contributed by atoms with E-state index in [4.69, 9.17) is 0 Å². The monoisotopic (exact) mass is 487 g/mol. The van der Waals surface area contributed by atoms with Crippen molar-refractivity contribution in [1.82, 2.24) is 4.57 Å². The molecule has 0 saturated heterocycles. The molecule has 1 aliphatic rings. The third-order valence-electron chi connectivity index (χ3n) is 7.31. The van der Waals surface area contributed by atoms with Crippen molar-refractivity contribution in [2.24, 2.45) is 0 Å². The molecule has 178 valence electrons. The molecule has 0 unspecified atom stereocenters. The highest BCUT2D eigenvalue weighted by Crippen LogP contribution is 2.48. The first kappa shape index (κ1) is 22.8. The topological polar surface area (TPSA) is 22.0 Å². The van der Waals surface area contributed by atoms with Gasteiger partial charge in [0.05, 0.1) is 0 Å². The van der Waals surface area contributed by atoms with E-state index >= 15 is 4.57 Å². The van der Waals surface area contributed by atoms with Crippen molar-refractivity contribution in [3.05, 3.63) is 132 Å². The van der Waals surface area contributed by atoms with Gasteiger partial charge in [-0.05, 0) is 28.2 Å². The smallest absolute Gasteiger partial charge is 0.173 e. The van der Waals surface area contributed by atoms with Gasteiger partial charge < -0.3 is 9.13 Å². The average Bonchev–Trinajstić information content (AvgIpc) is 3.45. The zero-order chi connectivity index (χ0) is 24.9. The van der Waals surface area contributed by atoms with Crippen molar-refractivity contribution in [1.29, 1.82) is 0 Å². The van der Waals surface area contributed by atoms with Gasteiger partial charge in [-0.1, -0.05) is 124 Å². The minimum atomic E-state index is -3.14. The van der Waals surface area contributed by atoms with Gasteiger partial charge in [-0.2, -0.15) is 0 Å². The van der Waals surface area contributed by atoms with E-state index in [9.17, 15) is 0 Å². The van der Waals surface area contributed by atoms with Gasteiger partial charge in [-0.3, -0.25) is 0 Å². The van der Waals surface area contributed by atoms with Crippen molar-refractivity contribution < 1.29 is 4.57 Å². The lowest BCUT2D eigenvalue weighted by Gasteiger charge is -2.22. The summed E-state index contributed by atoms with van der Waals surface area (Å²) in [5.74, 6) is 0. The third kappa shape index (κ3) is 3.60. The van der Waals surface area contributed by atoms with Crippen LogP contribution in [0.15, 0.2) is 115 Å². The highest BCUT2D eigenvalue weighted by atomic mass is 31.2. The van der Waals surface area contributed by atoms with Gasteiger partial charge in [0.2, 0.25) is 0 Å². The number of hydrogen-bond donors (Lipinski definition) is 0. The van der Waals surface area contributed by atoms with E-state index < -0.39 is 7.14 Å². The maximum Gasteiger partial charge on any atom is 0.173 e. The van der Waals surface area contributed by atoms with Gasteiger partial charge in [0.1, 0.15) is 0 Å². The van der Waals surface area contributed by atoms with Gasteiger partial charge in [0.15, 0.2) is 7.14 Å². The van der Waals surface area contributed by atoms with E-state index in [0.29, 0.717) is 0 Å². The van der Waals surface area contributed by atoms with Crippen LogP contribution in [0, 0.1) is 0 Å². The first-order valence-corrected chi connectivity index (χ1v) is 14.2. The largest absolute Gasteiger partial charge is 0.319 e. The van der Waals surface area contributed by atoms with Crippen LogP contribution in [0.1, 0.15) is 37.6 Å². The number of benzene rings is 4. The molecule has 1 aliphatic heterocycles. The Kier molecular flexibility index (Phi) is 5.39. The number of hydrogen-bond acceptors (Lipinski definition) is 1. The maximum absolute atomic E-state index is 15.4. The van der Waals surface area contributed by atoms with Gasteiger partial charge in [-0.15, -0.1) is 0 Å². The summed E-state index contributed by atoms with van der Waals surface area (Å²) in [7, 11) is -3.14. The normalized spacial score (nSPS) is 12.9. The third-order valence-corrected chi connectivity index (χ3v) is 10.4. The Balaban J connectivity index is 1.66. The molecule has 0 amide bonds. The molecule has 0 aliphatic carbocycles. The molecule has 5 aromatic rings. The van der Waals surface area contributed by atoms with E-state index in [1.54, 1.807) is 0 Å². The number of aromatic nitrogens is 1. The molecular formula is C33H30NOP. The Bertz CT molecular complexity index is 1550. The number of para-hydroxylation sites is 1. The molecule has 0 radical (unpaired) electrons. The molecule has 2 heterocycles. The molecule has 0 saturated carbocycles. The first-order valence-electron chi connectivity index (χ1n) is 12.5. The molecule has 0 spiro atoms. The lowest BCUT2D eigenvalue weighted by atomic mass is 9.86. The maximum atomic E-state index is 15.4. The molecule has 2 nitrogen and oxygen atoms in total.